The number of nitrogens with two attached hydrogens (primary N) is 1. The van der Waals surface area contributed by atoms with Crippen molar-refractivity contribution in [3.8, 4) is 17.2 Å². The smallest absolute Gasteiger partial charge is 0.433 e. The van der Waals surface area contributed by atoms with Crippen LogP contribution >= 0.6 is 0 Å². The summed E-state index contributed by atoms with van der Waals surface area (Å²) in [4.78, 5) is 32.3. The van der Waals surface area contributed by atoms with Crippen LogP contribution in [-0.4, -0.2) is 35.1 Å². The molecular weight excluding hydrogens is 467 g/mol. The summed E-state index contributed by atoms with van der Waals surface area (Å²) in [7, 11) is 1.32. The number of nitrogens with zero attached hydrogens (tertiary/aromatic N) is 3. The van der Waals surface area contributed by atoms with Gasteiger partial charge in [-0.3, -0.25) is 4.79 Å². The SMILES string of the molecule is COc1ccc(-c2nc(C(=O)NC3CCCCC3N=O)c([C@H](C)N)o2)c2ccc(C(F)(F)F)nc12. The Morgan fingerprint density at radius 1 is 1.23 bits per heavy atom. The van der Waals surface area contributed by atoms with Crippen LogP contribution in [0.4, 0.5) is 13.2 Å². The van der Waals surface area contributed by atoms with Crippen molar-refractivity contribution >= 4 is 16.8 Å². The third-order valence-electron chi connectivity index (χ3n) is 6.02. The maximum atomic E-state index is 13.2. The molecule has 2 aromatic heterocycles. The second kappa shape index (κ2) is 9.61. The zero-order valence-corrected chi connectivity index (χ0v) is 19.1. The number of rotatable bonds is 6. The van der Waals surface area contributed by atoms with Crippen LogP contribution in [0, 0.1) is 4.91 Å². The van der Waals surface area contributed by atoms with E-state index in [0.29, 0.717) is 23.8 Å². The van der Waals surface area contributed by atoms with E-state index in [1.807, 2.05) is 0 Å². The summed E-state index contributed by atoms with van der Waals surface area (Å²) < 4.78 is 50.7. The molecule has 1 amide bonds. The number of ether oxygens (including phenoxy) is 1. The molecule has 35 heavy (non-hydrogen) atoms. The highest BCUT2D eigenvalue weighted by Crippen LogP contribution is 2.37. The summed E-state index contributed by atoms with van der Waals surface area (Å²) in [5, 5.41) is 6.23. The maximum Gasteiger partial charge on any atom is 0.433 e. The summed E-state index contributed by atoms with van der Waals surface area (Å²) in [6.07, 6.45) is -1.73. The molecule has 186 valence electrons. The Hall–Kier alpha value is -3.54. The number of nitrogens with one attached hydrogen (secondary N) is 1. The molecule has 0 spiro atoms. The van der Waals surface area contributed by atoms with Crippen LogP contribution in [-0.2, 0) is 6.18 Å². The van der Waals surface area contributed by atoms with Crippen molar-refractivity contribution in [1.82, 2.24) is 15.3 Å². The highest BCUT2D eigenvalue weighted by molar-refractivity contribution is 5.98. The minimum atomic E-state index is -4.64. The predicted molar refractivity (Wildman–Crippen MR) is 121 cm³/mol. The molecule has 1 aliphatic rings. The molecule has 12 heteroatoms. The lowest BCUT2D eigenvalue weighted by atomic mass is 9.91. The monoisotopic (exact) mass is 491 g/mol. The topological polar surface area (TPSA) is 133 Å². The first kappa shape index (κ1) is 24.6. The van der Waals surface area contributed by atoms with Crippen LogP contribution in [0.2, 0.25) is 0 Å². The van der Waals surface area contributed by atoms with Gasteiger partial charge in [-0.2, -0.15) is 18.1 Å². The van der Waals surface area contributed by atoms with E-state index in [1.165, 1.54) is 19.2 Å². The number of pyridine rings is 1. The van der Waals surface area contributed by atoms with Gasteiger partial charge in [-0.1, -0.05) is 18.0 Å². The summed E-state index contributed by atoms with van der Waals surface area (Å²) in [6.45, 7) is 1.61. The van der Waals surface area contributed by atoms with Gasteiger partial charge in [0.15, 0.2) is 11.5 Å². The summed E-state index contributed by atoms with van der Waals surface area (Å²) in [6, 6.07) is 3.44. The molecule has 2 heterocycles. The first-order chi connectivity index (χ1) is 16.6. The van der Waals surface area contributed by atoms with Crippen molar-refractivity contribution in [3.05, 3.63) is 46.3 Å². The van der Waals surface area contributed by atoms with E-state index in [4.69, 9.17) is 14.9 Å². The van der Waals surface area contributed by atoms with Crippen LogP contribution in [0.1, 0.15) is 60.6 Å². The summed E-state index contributed by atoms with van der Waals surface area (Å²) in [5.74, 6) is -0.335. The van der Waals surface area contributed by atoms with Gasteiger partial charge in [0.25, 0.3) is 5.91 Å². The molecular formula is C23H24F3N5O4. The lowest BCUT2D eigenvalue weighted by Crippen LogP contribution is -2.44. The van der Waals surface area contributed by atoms with Gasteiger partial charge in [0.2, 0.25) is 5.89 Å². The van der Waals surface area contributed by atoms with Gasteiger partial charge in [0, 0.05) is 10.9 Å². The number of nitroso groups, excluding NO2 is 1. The number of amides is 1. The normalized spacial score (nSPS) is 19.4. The number of hydrogen-bond donors (Lipinski definition) is 2. The van der Waals surface area contributed by atoms with Gasteiger partial charge < -0.3 is 20.2 Å². The van der Waals surface area contributed by atoms with Gasteiger partial charge in [0.05, 0.1) is 19.2 Å². The van der Waals surface area contributed by atoms with Crippen LogP contribution in [0.5, 0.6) is 5.75 Å². The Kier molecular flexibility index (Phi) is 6.75. The molecule has 0 aliphatic heterocycles. The van der Waals surface area contributed by atoms with Gasteiger partial charge >= 0.3 is 6.18 Å². The average Bonchev–Trinajstić information content (AvgIpc) is 3.28. The zero-order valence-electron chi connectivity index (χ0n) is 19.1. The Bertz CT molecular complexity index is 1260. The number of oxazole rings is 1. The third kappa shape index (κ3) is 4.83. The number of hydrogen-bond acceptors (Lipinski definition) is 8. The number of alkyl halides is 3. The number of aromatic nitrogens is 2. The molecule has 1 fully saturated rings. The van der Waals surface area contributed by atoms with Crippen molar-refractivity contribution in [2.24, 2.45) is 10.9 Å². The first-order valence-corrected chi connectivity index (χ1v) is 11.1. The van der Waals surface area contributed by atoms with Gasteiger partial charge in [-0.15, -0.1) is 0 Å². The largest absolute Gasteiger partial charge is 0.494 e. The second-order valence-electron chi connectivity index (χ2n) is 8.46. The van der Waals surface area contributed by atoms with Crippen LogP contribution in [0.15, 0.2) is 33.9 Å². The predicted octanol–water partition coefficient (Wildman–Crippen LogP) is 4.74. The van der Waals surface area contributed by atoms with E-state index in [1.54, 1.807) is 13.0 Å². The standard InChI is InChI=1S/C23H24F3N5O4/c1-11(27)20-19(21(32)28-14-5-3-4-6-15(14)31-33)30-22(35-20)13-7-9-16(34-2)18-12(13)8-10-17(29-18)23(24,25)26/h7-11,14-15H,3-6,27H2,1-2H3,(H,28,32)/t11-,14?,15?/m0/s1. The Morgan fingerprint density at radius 3 is 2.63 bits per heavy atom. The van der Waals surface area contributed by atoms with E-state index in [-0.39, 0.29) is 28.6 Å². The van der Waals surface area contributed by atoms with E-state index in [0.717, 1.165) is 18.9 Å². The van der Waals surface area contributed by atoms with E-state index >= 15 is 0 Å². The molecule has 0 radical (unpaired) electrons. The van der Waals surface area contributed by atoms with E-state index in [9.17, 15) is 22.9 Å². The molecule has 4 rings (SSSR count). The first-order valence-electron chi connectivity index (χ1n) is 11.1. The number of carbonyl (C=O) groups is 1. The zero-order chi connectivity index (χ0) is 25.3. The number of benzene rings is 1. The van der Waals surface area contributed by atoms with Crippen LogP contribution in [0.25, 0.3) is 22.4 Å². The second-order valence-corrected chi connectivity index (χ2v) is 8.46. The molecule has 0 bridgehead atoms. The van der Waals surface area contributed by atoms with Crippen molar-refractivity contribution in [2.45, 2.75) is 56.9 Å². The number of fused-ring (bicyclic) bond motifs is 1. The van der Waals surface area contributed by atoms with E-state index in [2.05, 4.69) is 20.5 Å². The summed E-state index contributed by atoms with van der Waals surface area (Å²) in [5.41, 5.74) is 5.16. The van der Waals surface area contributed by atoms with Crippen molar-refractivity contribution in [1.29, 1.82) is 0 Å². The van der Waals surface area contributed by atoms with Crippen molar-refractivity contribution in [3.63, 3.8) is 0 Å². The highest BCUT2D eigenvalue weighted by Gasteiger charge is 2.34. The molecule has 1 aromatic carbocycles. The quantitative estimate of drug-likeness (QED) is 0.476. The average molecular weight is 491 g/mol. The fourth-order valence-electron chi connectivity index (χ4n) is 4.26. The fraction of sp³-hybridized carbons (Fsp3) is 0.435. The van der Waals surface area contributed by atoms with E-state index < -0.39 is 35.9 Å². The molecule has 2 unspecified atom stereocenters. The van der Waals surface area contributed by atoms with Gasteiger partial charge in [0.1, 0.15) is 23.0 Å². The Balaban J connectivity index is 1.77. The molecule has 1 saturated carbocycles. The number of methoxy groups -OCH3 is 1. The molecule has 3 aromatic rings. The van der Waals surface area contributed by atoms with Crippen molar-refractivity contribution < 1.29 is 27.1 Å². The lowest BCUT2D eigenvalue weighted by molar-refractivity contribution is -0.140. The Labute approximate surface area is 198 Å². The third-order valence-corrected chi connectivity index (χ3v) is 6.02. The molecule has 3 atom stereocenters. The van der Waals surface area contributed by atoms with Gasteiger partial charge in [-0.05, 0) is 44.0 Å². The maximum absolute atomic E-state index is 13.2. The summed E-state index contributed by atoms with van der Waals surface area (Å²) >= 11 is 0. The molecule has 0 saturated heterocycles. The minimum absolute atomic E-state index is 0.00892. The molecule has 1 aliphatic carbocycles. The molecule has 3 N–H and O–H groups in total. The lowest BCUT2D eigenvalue weighted by Gasteiger charge is -2.27. The fourth-order valence-corrected chi connectivity index (χ4v) is 4.26. The van der Waals surface area contributed by atoms with Crippen LogP contribution < -0.4 is 15.8 Å². The molecule has 9 nitrogen and oxygen atoms in total. The van der Waals surface area contributed by atoms with Crippen LogP contribution in [0.3, 0.4) is 0 Å². The van der Waals surface area contributed by atoms with Crippen molar-refractivity contribution in [2.75, 3.05) is 7.11 Å². The number of carbonyl (C=O) groups excluding carboxylic acids is 1. The van der Waals surface area contributed by atoms with Gasteiger partial charge in [-0.25, -0.2) is 9.97 Å². The Morgan fingerprint density at radius 2 is 1.97 bits per heavy atom. The minimum Gasteiger partial charge on any atom is -0.494 e. The number of halogens is 3. The highest BCUT2D eigenvalue weighted by atomic mass is 19.4.